The molecule has 1 aliphatic rings. The second kappa shape index (κ2) is 11.2. The topological polar surface area (TPSA) is 197 Å². The molecule has 2 aromatic carbocycles. The number of aliphatic hydroxyl groups is 1. The van der Waals surface area contributed by atoms with Crippen LogP contribution in [0.3, 0.4) is 0 Å². The highest BCUT2D eigenvalue weighted by atomic mass is 16.5. The van der Waals surface area contributed by atoms with Gasteiger partial charge in [0.15, 0.2) is 0 Å². The first-order valence-corrected chi connectivity index (χ1v) is 11.1. The van der Waals surface area contributed by atoms with Crippen LogP contribution in [0.2, 0.25) is 0 Å². The highest BCUT2D eigenvalue weighted by Gasteiger charge is 2.31. The van der Waals surface area contributed by atoms with E-state index < -0.39 is 42.0 Å². The Morgan fingerprint density at radius 2 is 1.60 bits per heavy atom. The van der Waals surface area contributed by atoms with Gasteiger partial charge in [0.25, 0.3) is 0 Å². The lowest BCUT2D eigenvalue weighted by Gasteiger charge is -2.25. The standard InChI is InChI=1S/C24H30N4O7/c1-35-24(34)19-9-15-7-13(3-5-21(15)31)12-2-4-20(30)14(6-12)8-17(26)22(32)27-18(23(33)28-19)10-16(29)11-25/h2-7,16-19,29-31H,8-11,25-26H2,1H3,(H,27,32)(H,28,33)/t16-,17-,18-,19-/m1/s1. The van der Waals surface area contributed by atoms with E-state index in [2.05, 4.69) is 10.6 Å². The van der Waals surface area contributed by atoms with Crippen molar-refractivity contribution in [2.75, 3.05) is 13.7 Å². The molecule has 0 aromatic heterocycles. The minimum Gasteiger partial charge on any atom is -0.508 e. The molecular weight excluding hydrogens is 456 g/mol. The van der Waals surface area contributed by atoms with Crippen LogP contribution in [0, 0.1) is 0 Å². The summed E-state index contributed by atoms with van der Waals surface area (Å²) in [5, 5.41) is 35.8. The van der Waals surface area contributed by atoms with E-state index in [4.69, 9.17) is 16.2 Å². The molecule has 11 heteroatoms. The predicted molar refractivity (Wildman–Crippen MR) is 126 cm³/mol. The van der Waals surface area contributed by atoms with Gasteiger partial charge < -0.3 is 42.2 Å². The van der Waals surface area contributed by atoms with Crippen molar-refractivity contribution in [2.24, 2.45) is 11.5 Å². The fraction of sp³-hybridized carbons (Fsp3) is 0.375. The summed E-state index contributed by atoms with van der Waals surface area (Å²) in [6.07, 6.45) is -1.48. The Balaban J connectivity index is 2.10. The van der Waals surface area contributed by atoms with E-state index in [-0.39, 0.29) is 37.3 Å². The SMILES string of the molecule is COC(=O)[C@H]1Cc2cc(ccc2O)-c2ccc(O)c(c2)C[C@@H](N)C(=O)N[C@H](C[C@@H](O)CN)C(=O)N1. The Morgan fingerprint density at radius 1 is 1.03 bits per heavy atom. The molecule has 0 fully saturated rings. The highest BCUT2D eigenvalue weighted by Crippen LogP contribution is 2.30. The molecule has 9 N–H and O–H groups in total. The lowest BCUT2D eigenvalue weighted by atomic mass is 9.95. The lowest BCUT2D eigenvalue weighted by Crippen LogP contribution is -2.56. The monoisotopic (exact) mass is 486 g/mol. The Kier molecular flexibility index (Phi) is 8.28. The molecule has 2 amide bonds. The number of benzene rings is 2. The average Bonchev–Trinajstić information content (AvgIpc) is 2.84. The molecule has 4 atom stereocenters. The molecule has 11 nitrogen and oxygen atoms in total. The quantitative estimate of drug-likeness (QED) is 0.266. The van der Waals surface area contributed by atoms with Gasteiger partial charge >= 0.3 is 5.97 Å². The van der Waals surface area contributed by atoms with Crippen molar-refractivity contribution in [3.8, 4) is 22.6 Å². The summed E-state index contributed by atoms with van der Waals surface area (Å²) in [5.74, 6) is -2.37. The van der Waals surface area contributed by atoms with Gasteiger partial charge in [-0.1, -0.05) is 12.1 Å². The zero-order chi connectivity index (χ0) is 25.7. The van der Waals surface area contributed by atoms with Crippen LogP contribution >= 0.6 is 0 Å². The Bertz CT molecular complexity index is 1110. The van der Waals surface area contributed by atoms with E-state index in [1.54, 1.807) is 24.3 Å². The number of hydrogen-bond acceptors (Lipinski definition) is 9. The van der Waals surface area contributed by atoms with E-state index in [0.717, 1.165) is 7.11 Å². The van der Waals surface area contributed by atoms with Crippen LogP contribution in [-0.2, 0) is 32.0 Å². The van der Waals surface area contributed by atoms with Crippen molar-refractivity contribution in [1.82, 2.24) is 10.6 Å². The third-order valence-electron chi connectivity index (χ3n) is 5.91. The third-order valence-corrected chi connectivity index (χ3v) is 5.91. The van der Waals surface area contributed by atoms with Crippen LogP contribution in [0.25, 0.3) is 11.1 Å². The molecular formula is C24H30N4O7. The van der Waals surface area contributed by atoms with Crippen LogP contribution in [-0.4, -0.2) is 71.0 Å². The normalized spacial score (nSPS) is 21.7. The summed E-state index contributed by atoms with van der Waals surface area (Å²) in [4.78, 5) is 38.4. The number of carbonyl (C=O) groups is 3. The molecule has 0 radical (unpaired) electrons. The maximum atomic E-state index is 13.1. The number of carbonyl (C=O) groups excluding carboxylic acids is 3. The minimum absolute atomic E-state index is 0.0327. The molecule has 1 heterocycles. The van der Waals surface area contributed by atoms with E-state index >= 15 is 0 Å². The summed E-state index contributed by atoms with van der Waals surface area (Å²) in [7, 11) is 1.16. The average molecular weight is 487 g/mol. The maximum Gasteiger partial charge on any atom is 0.328 e. The summed E-state index contributed by atoms with van der Waals surface area (Å²) in [6, 6.07) is 6.02. The molecule has 0 unspecified atom stereocenters. The Morgan fingerprint density at radius 3 is 2.14 bits per heavy atom. The van der Waals surface area contributed by atoms with Crippen molar-refractivity contribution in [3.63, 3.8) is 0 Å². The van der Waals surface area contributed by atoms with Crippen molar-refractivity contribution in [2.45, 2.75) is 43.5 Å². The summed E-state index contributed by atoms with van der Waals surface area (Å²) in [5.41, 5.74) is 13.7. The number of nitrogens with one attached hydrogen (secondary N) is 2. The third kappa shape index (κ3) is 6.27. The van der Waals surface area contributed by atoms with Crippen molar-refractivity contribution in [1.29, 1.82) is 0 Å². The fourth-order valence-electron chi connectivity index (χ4n) is 3.89. The number of amides is 2. The number of phenolic OH excluding ortho intramolecular Hbond substituents is 2. The first kappa shape index (κ1) is 25.9. The van der Waals surface area contributed by atoms with Gasteiger partial charge in [-0.3, -0.25) is 9.59 Å². The van der Waals surface area contributed by atoms with Crippen LogP contribution in [0.1, 0.15) is 17.5 Å². The zero-order valence-corrected chi connectivity index (χ0v) is 19.2. The first-order valence-electron chi connectivity index (χ1n) is 11.1. The second-order valence-corrected chi connectivity index (χ2v) is 8.47. The van der Waals surface area contributed by atoms with Gasteiger partial charge in [0, 0.05) is 25.8 Å². The molecule has 2 aromatic rings. The first-order chi connectivity index (χ1) is 16.6. The van der Waals surface area contributed by atoms with Crippen LogP contribution in [0.15, 0.2) is 36.4 Å². The van der Waals surface area contributed by atoms with E-state index in [0.29, 0.717) is 22.3 Å². The predicted octanol–water partition coefficient (Wildman–Crippen LogP) is -0.957. The smallest absolute Gasteiger partial charge is 0.328 e. The number of rotatable bonds is 4. The molecule has 0 saturated heterocycles. The molecule has 35 heavy (non-hydrogen) atoms. The molecule has 3 rings (SSSR count). The van der Waals surface area contributed by atoms with Crippen LogP contribution in [0.4, 0.5) is 0 Å². The van der Waals surface area contributed by atoms with Crippen molar-refractivity contribution < 1.29 is 34.4 Å². The molecule has 0 saturated carbocycles. The number of methoxy groups -OCH3 is 1. The highest BCUT2D eigenvalue weighted by molar-refractivity contribution is 5.92. The van der Waals surface area contributed by atoms with Crippen molar-refractivity contribution >= 4 is 17.8 Å². The van der Waals surface area contributed by atoms with Crippen LogP contribution < -0.4 is 22.1 Å². The van der Waals surface area contributed by atoms with Gasteiger partial charge in [-0.25, -0.2) is 4.79 Å². The van der Waals surface area contributed by atoms with E-state index in [9.17, 15) is 29.7 Å². The summed E-state index contributed by atoms with van der Waals surface area (Å²) in [6.45, 7) is -0.159. The number of hydrogen-bond donors (Lipinski definition) is 7. The van der Waals surface area contributed by atoms with E-state index in [1.165, 1.54) is 12.1 Å². The number of esters is 1. The molecule has 0 spiro atoms. The van der Waals surface area contributed by atoms with E-state index in [1.807, 2.05) is 0 Å². The van der Waals surface area contributed by atoms with Crippen molar-refractivity contribution in [3.05, 3.63) is 47.5 Å². The fourth-order valence-corrected chi connectivity index (χ4v) is 3.89. The molecule has 188 valence electrons. The zero-order valence-electron chi connectivity index (χ0n) is 19.2. The second-order valence-electron chi connectivity index (χ2n) is 8.47. The number of nitrogens with two attached hydrogens (primary N) is 2. The summed E-state index contributed by atoms with van der Waals surface area (Å²) >= 11 is 0. The number of ether oxygens (including phenoxy) is 1. The lowest BCUT2D eigenvalue weighted by molar-refractivity contribution is -0.145. The van der Waals surface area contributed by atoms with Gasteiger partial charge in [-0.05, 0) is 46.5 Å². The Hall–Kier alpha value is -3.67. The maximum absolute atomic E-state index is 13.1. The number of phenols is 2. The molecule has 4 bridgehead atoms. The number of aliphatic hydroxyl groups excluding tert-OH is 1. The van der Waals surface area contributed by atoms with Gasteiger partial charge in [-0.2, -0.15) is 0 Å². The minimum atomic E-state index is -1.26. The summed E-state index contributed by atoms with van der Waals surface area (Å²) < 4.78 is 4.82. The molecule has 1 aliphatic heterocycles. The Labute approximate surface area is 202 Å². The number of fused-ring (bicyclic) bond motifs is 5. The molecule has 0 aliphatic carbocycles. The number of aromatic hydroxyl groups is 2. The van der Waals surface area contributed by atoms with Gasteiger partial charge in [0.05, 0.1) is 19.3 Å². The van der Waals surface area contributed by atoms with Gasteiger partial charge in [0.1, 0.15) is 23.6 Å². The van der Waals surface area contributed by atoms with Gasteiger partial charge in [0.2, 0.25) is 11.8 Å². The largest absolute Gasteiger partial charge is 0.508 e. The van der Waals surface area contributed by atoms with Crippen LogP contribution in [0.5, 0.6) is 11.5 Å². The van der Waals surface area contributed by atoms with Gasteiger partial charge in [-0.15, -0.1) is 0 Å².